The van der Waals surface area contributed by atoms with Crippen molar-refractivity contribution in [1.29, 1.82) is 0 Å². The van der Waals surface area contributed by atoms with E-state index in [2.05, 4.69) is 10.3 Å². The van der Waals surface area contributed by atoms with E-state index >= 15 is 0 Å². The molecule has 4 nitrogen and oxygen atoms in total. The monoisotopic (exact) mass is 304 g/mol. The predicted molar refractivity (Wildman–Crippen MR) is 83.4 cm³/mol. The third-order valence-corrected chi connectivity index (χ3v) is 3.36. The van der Waals surface area contributed by atoms with Crippen molar-refractivity contribution in [3.8, 4) is 0 Å². The van der Waals surface area contributed by atoms with E-state index in [-0.39, 0.29) is 11.1 Å². The summed E-state index contributed by atoms with van der Waals surface area (Å²) in [5.41, 5.74) is 1.23. The van der Waals surface area contributed by atoms with Crippen LogP contribution in [0, 0.1) is 0 Å². The molecule has 0 saturated heterocycles. The fourth-order valence-corrected chi connectivity index (χ4v) is 2.18. The first-order valence-corrected chi connectivity index (χ1v) is 7.37. The van der Waals surface area contributed by atoms with Crippen LogP contribution in [0.3, 0.4) is 0 Å². The maximum absolute atomic E-state index is 12.0. The third-order valence-electron chi connectivity index (χ3n) is 3.17. The van der Waals surface area contributed by atoms with E-state index in [0.717, 1.165) is 30.2 Å². The van der Waals surface area contributed by atoms with E-state index in [4.69, 9.17) is 11.6 Å². The van der Waals surface area contributed by atoms with Gasteiger partial charge in [-0.15, -0.1) is 0 Å². The van der Waals surface area contributed by atoms with Crippen molar-refractivity contribution in [3.63, 3.8) is 0 Å². The lowest BCUT2D eigenvalue weighted by molar-refractivity contribution is -0.111. The van der Waals surface area contributed by atoms with Crippen LogP contribution in [-0.2, 0) is 4.79 Å². The Morgan fingerprint density at radius 3 is 2.67 bits per heavy atom. The quantitative estimate of drug-likeness (QED) is 0.631. The first-order valence-electron chi connectivity index (χ1n) is 6.99. The van der Waals surface area contributed by atoms with Crippen molar-refractivity contribution >= 4 is 33.7 Å². The molecular formula is C16H17ClN2O2. The van der Waals surface area contributed by atoms with Gasteiger partial charge in [0.25, 0.3) is 5.91 Å². The Morgan fingerprint density at radius 2 is 1.86 bits per heavy atom. The Balaban J connectivity index is 1.80. The molecular weight excluding hydrogens is 288 g/mol. The van der Waals surface area contributed by atoms with E-state index in [1.165, 1.54) is 0 Å². The molecule has 0 fully saturated rings. The minimum Gasteiger partial charge on any atom is -0.351 e. The number of carbonyl (C=O) groups is 2. The van der Waals surface area contributed by atoms with Gasteiger partial charge in [0.15, 0.2) is 0 Å². The lowest BCUT2D eigenvalue weighted by atomic mass is 10.2. The minimum atomic E-state index is -0.306. The summed E-state index contributed by atoms with van der Waals surface area (Å²) in [4.78, 5) is 26.9. The molecule has 0 radical (unpaired) electrons. The van der Waals surface area contributed by atoms with Crippen LogP contribution < -0.4 is 5.32 Å². The van der Waals surface area contributed by atoms with Crippen LogP contribution in [0.5, 0.6) is 0 Å². The summed E-state index contributed by atoms with van der Waals surface area (Å²) < 4.78 is 0. The fraction of sp³-hybridized carbons (Fsp3) is 0.312. The van der Waals surface area contributed by atoms with Gasteiger partial charge in [-0.1, -0.05) is 30.7 Å². The first kappa shape index (κ1) is 15.4. The van der Waals surface area contributed by atoms with Crippen molar-refractivity contribution in [2.75, 3.05) is 6.54 Å². The second-order valence-electron chi connectivity index (χ2n) is 4.81. The number of rotatable bonds is 7. The van der Waals surface area contributed by atoms with E-state index < -0.39 is 0 Å². The van der Waals surface area contributed by atoms with Gasteiger partial charge < -0.3 is 5.32 Å². The zero-order chi connectivity index (χ0) is 15.1. The summed E-state index contributed by atoms with van der Waals surface area (Å²) >= 11 is 5.25. The number of halogens is 1. The number of hydrogen-bond donors (Lipinski definition) is 1. The van der Waals surface area contributed by atoms with Crippen LogP contribution in [-0.4, -0.2) is 22.7 Å². The van der Waals surface area contributed by atoms with Gasteiger partial charge in [0.05, 0.1) is 5.52 Å². The number of nitrogens with one attached hydrogen (secondary N) is 1. The van der Waals surface area contributed by atoms with E-state index in [1.807, 2.05) is 30.3 Å². The van der Waals surface area contributed by atoms with Crippen LogP contribution in [0.15, 0.2) is 36.4 Å². The molecule has 1 heterocycles. The highest BCUT2D eigenvalue weighted by Gasteiger charge is 2.07. The van der Waals surface area contributed by atoms with E-state index in [9.17, 15) is 9.59 Å². The van der Waals surface area contributed by atoms with Crippen LogP contribution in [0.1, 0.15) is 36.2 Å². The summed E-state index contributed by atoms with van der Waals surface area (Å²) in [7, 11) is 0. The molecule has 0 atom stereocenters. The predicted octanol–water partition coefficient (Wildman–Crippen LogP) is 3.29. The molecule has 0 aliphatic carbocycles. The molecule has 2 rings (SSSR count). The number of unbranched alkanes of at least 4 members (excludes halogenated alkanes) is 2. The Kier molecular flexibility index (Phi) is 5.69. The molecule has 2 aromatic rings. The molecule has 5 heteroatoms. The van der Waals surface area contributed by atoms with Crippen molar-refractivity contribution in [2.45, 2.75) is 25.7 Å². The topological polar surface area (TPSA) is 59.1 Å². The number of para-hydroxylation sites is 1. The van der Waals surface area contributed by atoms with E-state index in [0.29, 0.717) is 18.7 Å². The molecule has 1 N–H and O–H groups in total. The Bertz CT molecular complexity index is 643. The SMILES string of the molecule is O=C(Cl)CCCCCNC(=O)c1ccc2ccccc2n1. The summed E-state index contributed by atoms with van der Waals surface area (Å²) in [6.07, 6.45) is 2.83. The summed E-state index contributed by atoms with van der Waals surface area (Å²) in [5.74, 6) is -0.172. The number of carbonyl (C=O) groups excluding carboxylic acids is 2. The smallest absolute Gasteiger partial charge is 0.269 e. The van der Waals surface area contributed by atoms with Gasteiger partial charge >= 0.3 is 0 Å². The van der Waals surface area contributed by atoms with Crippen molar-refractivity contribution in [3.05, 3.63) is 42.1 Å². The first-order chi connectivity index (χ1) is 10.2. The lowest BCUT2D eigenvalue weighted by Crippen LogP contribution is -2.25. The lowest BCUT2D eigenvalue weighted by Gasteiger charge is -2.05. The number of aromatic nitrogens is 1. The average Bonchev–Trinajstić information content (AvgIpc) is 2.49. The fourth-order valence-electron chi connectivity index (χ4n) is 2.05. The number of nitrogens with zero attached hydrogens (tertiary/aromatic N) is 1. The van der Waals surface area contributed by atoms with Gasteiger partial charge in [-0.25, -0.2) is 4.98 Å². The standard InChI is InChI=1S/C16H17ClN2O2/c17-15(20)8-2-1-5-11-18-16(21)14-10-9-12-6-3-4-7-13(12)19-14/h3-4,6-7,9-10H,1-2,5,8,11H2,(H,18,21). The van der Waals surface area contributed by atoms with Gasteiger partial charge in [-0.3, -0.25) is 9.59 Å². The molecule has 1 aromatic heterocycles. The zero-order valence-corrected chi connectivity index (χ0v) is 12.4. The zero-order valence-electron chi connectivity index (χ0n) is 11.6. The molecule has 0 saturated carbocycles. The largest absolute Gasteiger partial charge is 0.351 e. The molecule has 0 unspecified atom stereocenters. The van der Waals surface area contributed by atoms with Crippen molar-refractivity contribution < 1.29 is 9.59 Å². The van der Waals surface area contributed by atoms with Gasteiger partial charge in [0.2, 0.25) is 5.24 Å². The third kappa shape index (κ3) is 4.83. The van der Waals surface area contributed by atoms with Gasteiger partial charge in [0.1, 0.15) is 5.69 Å². The van der Waals surface area contributed by atoms with Gasteiger partial charge in [-0.05, 0) is 36.6 Å². The van der Waals surface area contributed by atoms with Crippen LogP contribution in [0.2, 0.25) is 0 Å². The van der Waals surface area contributed by atoms with Gasteiger partial charge in [-0.2, -0.15) is 0 Å². The number of fused-ring (bicyclic) bond motifs is 1. The number of hydrogen-bond acceptors (Lipinski definition) is 3. The molecule has 0 bridgehead atoms. The number of pyridine rings is 1. The van der Waals surface area contributed by atoms with Crippen molar-refractivity contribution in [1.82, 2.24) is 10.3 Å². The summed E-state index contributed by atoms with van der Waals surface area (Å²) in [6.45, 7) is 0.573. The highest BCUT2D eigenvalue weighted by atomic mass is 35.5. The number of benzene rings is 1. The highest BCUT2D eigenvalue weighted by Crippen LogP contribution is 2.11. The average molecular weight is 305 g/mol. The van der Waals surface area contributed by atoms with Crippen LogP contribution >= 0.6 is 11.6 Å². The maximum atomic E-state index is 12.0. The van der Waals surface area contributed by atoms with Crippen LogP contribution in [0.25, 0.3) is 10.9 Å². The molecule has 110 valence electrons. The molecule has 1 amide bonds. The molecule has 1 aromatic carbocycles. The minimum absolute atomic E-state index is 0.172. The Labute approximate surface area is 128 Å². The normalized spacial score (nSPS) is 10.5. The van der Waals surface area contributed by atoms with Crippen molar-refractivity contribution in [2.24, 2.45) is 0 Å². The summed E-state index contributed by atoms with van der Waals surface area (Å²) in [5, 5.41) is 3.54. The second kappa shape index (κ2) is 7.74. The highest BCUT2D eigenvalue weighted by molar-refractivity contribution is 6.63. The Hall–Kier alpha value is -1.94. The van der Waals surface area contributed by atoms with E-state index in [1.54, 1.807) is 6.07 Å². The molecule has 0 aliphatic heterocycles. The number of amides is 1. The summed E-state index contributed by atoms with van der Waals surface area (Å²) in [6, 6.07) is 11.3. The Morgan fingerprint density at radius 1 is 1.05 bits per heavy atom. The molecule has 0 spiro atoms. The maximum Gasteiger partial charge on any atom is 0.269 e. The second-order valence-corrected chi connectivity index (χ2v) is 5.23. The van der Waals surface area contributed by atoms with Crippen LogP contribution in [0.4, 0.5) is 0 Å². The molecule has 0 aliphatic rings. The molecule has 21 heavy (non-hydrogen) atoms. The van der Waals surface area contributed by atoms with Gasteiger partial charge in [0, 0.05) is 18.4 Å².